The van der Waals surface area contributed by atoms with Crippen LogP contribution < -0.4 is 4.90 Å². The number of thiazole rings is 1. The second-order valence-corrected chi connectivity index (χ2v) is 8.73. The summed E-state index contributed by atoms with van der Waals surface area (Å²) in [5.74, 6) is -0.553. The molecular weight excluding hydrogens is 392 g/mol. The van der Waals surface area contributed by atoms with Crippen LogP contribution in [0.5, 0.6) is 0 Å². The summed E-state index contributed by atoms with van der Waals surface area (Å²) in [5, 5.41) is 0.933. The van der Waals surface area contributed by atoms with E-state index in [-0.39, 0.29) is 24.2 Å². The van der Waals surface area contributed by atoms with Gasteiger partial charge in [-0.05, 0) is 60.9 Å². The van der Waals surface area contributed by atoms with Gasteiger partial charge in [0.05, 0.1) is 21.8 Å². The minimum absolute atomic E-state index is 0.118. The van der Waals surface area contributed by atoms with E-state index in [1.54, 1.807) is 11.3 Å². The summed E-state index contributed by atoms with van der Waals surface area (Å²) in [4.78, 5) is 31.5. The van der Waals surface area contributed by atoms with Gasteiger partial charge in [-0.3, -0.25) is 14.5 Å². The molecule has 1 aliphatic rings. The predicted molar refractivity (Wildman–Crippen MR) is 121 cm³/mol. The van der Waals surface area contributed by atoms with Crippen molar-refractivity contribution >= 4 is 39.1 Å². The molecule has 30 heavy (non-hydrogen) atoms. The maximum absolute atomic E-state index is 12.9. The van der Waals surface area contributed by atoms with Crippen LogP contribution in [0.3, 0.4) is 0 Å². The molecule has 5 rings (SSSR count). The Morgan fingerprint density at radius 1 is 1.00 bits per heavy atom. The van der Waals surface area contributed by atoms with Crippen molar-refractivity contribution in [3.05, 3.63) is 83.9 Å². The molecule has 148 valence electrons. The Kier molecular flexibility index (Phi) is 4.68. The molecule has 4 aromatic rings. The van der Waals surface area contributed by atoms with E-state index in [2.05, 4.69) is 19.1 Å². The standard InChI is InChI=1S/C25H20N2O2S/c1-16-7-12-21-22(13-16)30-24(26-21)18-8-10-20(11-9-18)27-23(28)15-19(25(27)29)14-17-5-3-2-4-6-17/h2-13,19H,14-15H2,1H3/t19-/m0/s1. The van der Waals surface area contributed by atoms with Gasteiger partial charge in [0, 0.05) is 12.0 Å². The average molecular weight is 413 g/mol. The van der Waals surface area contributed by atoms with Gasteiger partial charge in [-0.15, -0.1) is 11.3 Å². The smallest absolute Gasteiger partial charge is 0.237 e. The lowest BCUT2D eigenvalue weighted by Crippen LogP contribution is -2.30. The summed E-state index contributed by atoms with van der Waals surface area (Å²) in [5.41, 5.74) is 4.88. The van der Waals surface area contributed by atoms with Crippen molar-refractivity contribution in [1.82, 2.24) is 4.98 Å². The van der Waals surface area contributed by atoms with E-state index in [4.69, 9.17) is 4.98 Å². The van der Waals surface area contributed by atoms with Gasteiger partial charge in [0.15, 0.2) is 0 Å². The van der Waals surface area contributed by atoms with Crippen LogP contribution in [0.2, 0.25) is 0 Å². The third-order valence-electron chi connectivity index (χ3n) is 5.48. The molecule has 2 heterocycles. The molecule has 3 aromatic carbocycles. The summed E-state index contributed by atoms with van der Waals surface area (Å²) < 4.78 is 1.16. The fourth-order valence-electron chi connectivity index (χ4n) is 3.93. The number of carbonyl (C=O) groups excluding carboxylic acids is 2. The number of carbonyl (C=O) groups is 2. The number of aromatic nitrogens is 1. The molecule has 0 bridgehead atoms. The fourth-order valence-corrected chi connectivity index (χ4v) is 5.00. The van der Waals surface area contributed by atoms with E-state index < -0.39 is 0 Å². The van der Waals surface area contributed by atoms with Crippen LogP contribution >= 0.6 is 11.3 Å². The fraction of sp³-hybridized carbons (Fsp3) is 0.160. The van der Waals surface area contributed by atoms with E-state index in [1.807, 2.05) is 60.7 Å². The Labute approximate surface area is 178 Å². The molecular formula is C25H20N2O2S. The van der Waals surface area contributed by atoms with Crippen LogP contribution in [0.15, 0.2) is 72.8 Å². The van der Waals surface area contributed by atoms with E-state index in [1.165, 1.54) is 10.5 Å². The zero-order valence-electron chi connectivity index (χ0n) is 16.5. The minimum atomic E-state index is -0.299. The highest BCUT2D eigenvalue weighted by atomic mass is 32.1. The summed E-state index contributed by atoms with van der Waals surface area (Å²) in [6.07, 6.45) is 0.845. The Hall–Kier alpha value is -3.31. The summed E-state index contributed by atoms with van der Waals surface area (Å²) in [6, 6.07) is 23.6. The van der Waals surface area contributed by atoms with Crippen molar-refractivity contribution in [3.8, 4) is 10.6 Å². The number of nitrogens with zero attached hydrogens (tertiary/aromatic N) is 2. The molecule has 1 aliphatic heterocycles. The molecule has 4 nitrogen and oxygen atoms in total. The molecule has 5 heteroatoms. The highest BCUT2D eigenvalue weighted by Gasteiger charge is 2.39. The van der Waals surface area contributed by atoms with Crippen LogP contribution in [0.25, 0.3) is 20.8 Å². The van der Waals surface area contributed by atoms with Gasteiger partial charge in [0.25, 0.3) is 0 Å². The summed E-state index contributed by atoms with van der Waals surface area (Å²) in [7, 11) is 0. The van der Waals surface area contributed by atoms with Crippen molar-refractivity contribution < 1.29 is 9.59 Å². The van der Waals surface area contributed by atoms with Crippen molar-refractivity contribution in [2.45, 2.75) is 19.8 Å². The first-order valence-corrected chi connectivity index (χ1v) is 10.8. The van der Waals surface area contributed by atoms with Crippen molar-refractivity contribution in [2.75, 3.05) is 4.90 Å². The van der Waals surface area contributed by atoms with Crippen LogP contribution in [-0.2, 0) is 16.0 Å². The largest absolute Gasteiger partial charge is 0.274 e. The monoisotopic (exact) mass is 412 g/mol. The van der Waals surface area contributed by atoms with Gasteiger partial charge in [-0.1, -0.05) is 36.4 Å². The number of anilines is 1. The van der Waals surface area contributed by atoms with Crippen LogP contribution in [-0.4, -0.2) is 16.8 Å². The zero-order chi connectivity index (χ0) is 20.7. The number of fused-ring (bicyclic) bond motifs is 1. The van der Waals surface area contributed by atoms with E-state index in [0.29, 0.717) is 12.1 Å². The molecule has 0 aliphatic carbocycles. The van der Waals surface area contributed by atoms with Crippen molar-refractivity contribution in [1.29, 1.82) is 0 Å². The number of rotatable bonds is 4. The van der Waals surface area contributed by atoms with Crippen LogP contribution in [0, 0.1) is 12.8 Å². The predicted octanol–water partition coefficient (Wildman–Crippen LogP) is 5.39. The maximum Gasteiger partial charge on any atom is 0.237 e. The van der Waals surface area contributed by atoms with Gasteiger partial charge < -0.3 is 0 Å². The summed E-state index contributed by atoms with van der Waals surface area (Å²) >= 11 is 1.65. The number of imide groups is 1. The van der Waals surface area contributed by atoms with Gasteiger partial charge in [0.1, 0.15) is 5.01 Å². The number of benzene rings is 3. The van der Waals surface area contributed by atoms with Crippen LogP contribution in [0.4, 0.5) is 5.69 Å². The molecule has 0 N–H and O–H groups in total. The Morgan fingerprint density at radius 2 is 1.77 bits per heavy atom. The molecule has 0 radical (unpaired) electrons. The first kappa shape index (κ1) is 18.7. The zero-order valence-corrected chi connectivity index (χ0v) is 17.4. The highest BCUT2D eigenvalue weighted by Crippen LogP contribution is 2.33. The molecule has 0 unspecified atom stereocenters. The molecule has 0 spiro atoms. The van der Waals surface area contributed by atoms with Crippen molar-refractivity contribution in [2.24, 2.45) is 5.92 Å². The second-order valence-electron chi connectivity index (χ2n) is 7.70. The summed E-state index contributed by atoms with van der Waals surface area (Å²) in [6.45, 7) is 2.07. The molecule has 0 saturated carbocycles. The Bertz CT molecular complexity index is 1250. The lowest BCUT2D eigenvalue weighted by atomic mass is 9.98. The van der Waals surface area contributed by atoms with Crippen molar-refractivity contribution in [3.63, 3.8) is 0 Å². The quantitative estimate of drug-likeness (QED) is 0.422. The molecule has 1 fully saturated rings. The van der Waals surface area contributed by atoms with Gasteiger partial charge in [-0.2, -0.15) is 0 Å². The lowest BCUT2D eigenvalue weighted by molar-refractivity contribution is -0.122. The van der Waals surface area contributed by atoms with Crippen LogP contribution in [0.1, 0.15) is 17.5 Å². The highest BCUT2D eigenvalue weighted by molar-refractivity contribution is 7.21. The molecule has 1 aromatic heterocycles. The minimum Gasteiger partial charge on any atom is -0.274 e. The topological polar surface area (TPSA) is 50.3 Å². The Morgan fingerprint density at radius 3 is 2.53 bits per heavy atom. The molecule has 1 atom stereocenters. The Balaban J connectivity index is 1.38. The lowest BCUT2D eigenvalue weighted by Gasteiger charge is -2.15. The number of hydrogen-bond acceptors (Lipinski definition) is 4. The maximum atomic E-state index is 12.9. The van der Waals surface area contributed by atoms with Gasteiger partial charge >= 0.3 is 0 Å². The third kappa shape index (κ3) is 3.42. The third-order valence-corrected chi connectivity index (χ3v) is 6.55. The first-order valence-electron chi connectivity index (χ1n) is 9.97. The average Bonchev–Trinajstić information content (AvgIpc) is 3.29. The van der Waals surface area contributed by atoms with Gasteiger partial charge in [-0.25, -0.2) is 4.98 Å². The number of aryl methyl sites for hydroxylation is 1. The van der Waals surface area contributed by atoms with E-state index >= 15 is 0 Å². The number of hydrogen-bond donors (Lipinski definition) is 0. The van der Waals surface area contributed by atoms with Gasteiger partial charge in [0.2, 0.25) is 11.8 Å². The normalized spacial score (nSPS) is 16.6. The number of amides is 2. The second kappa shape index (κ2) is 7.50. The van der Waals surface area contributed by atoms with E-state index in [0.717, 1.165) is 26.4 Å². The first-order chi connectivity index (χ1) is 14.6. The SMILES string of the molecule is Cc1ccc2nc(-c3ccc(N4C(=O)C[C@H](Cc5ccccc5)C4=O)cc3)sc2c1. The van der Waals surface area contributed by atoms with E-state index in [9.17, 15) is 9.59 Å². The molecule has 2 amide bonds. The molecule has 1 saturated heterocycles.